The number of benzene rings is 3. The number of methoxy groups -OCH3 is 6. The van der Waals surface area contributed by atoms with E-state index in [4.69, 9.17) is 118 Å². The van der Waals surface area contributed by atoms with Crippen molar-refractivity contribution in [3.8, 4) is 40.6 Å². The first-order chi connectivity index (χ1) is 61.5. The first-order valence-electron chi connectivity index (χ1n) is 38.3. The summed E-state index contributed by atoms with van der Waals surface area (Å²) in [5.41, 5.74) is 12.2. The van der Waals surface area contributed by atoms with E-state index in [9.17, 15) is 47.6 Å². The summed E-state index contributed by atoms with van der Waals surface area (Å²) in [6.07, 6.45) is 9.00. The van der Waals surface area contributed by atoms with E-state index in [0.717, 1.165) is 48.9 Å². The molecule has 0 atom stereocenters. The minimum absolute atomic E-state index is 0.0407. The van der Waals surface area contributed by atoms with Gasteiger partial charge < -0.3 is 49.7 Å². The van der Waals surface area contributed by atoms with Gasteiger partial charge in [-0.2, -0.15) is 5.26 Å². The molecule has 0 fully saturated rings. The first-order valence-corrected chi connectivity index (χ1v) is 53.9. The van der Waals surface area contributed by atoms with Crippen LogP contribution in [0, 0.1) is 41.2 Å². The molecule has 0 aliphatic carbocycles. The molecule has 0 unspecified atom stereocenters. The molecule has 13 rings (SSSR count). The molecular weight excluding hydrogens is 2270 g/mol. The summed E-state index contributed by atoms with van der Waals surface area (Å²) in [5, 5.41) is 26.0. The number of pyridine rings is 7. The number of fused-ring (bicyclic) bond motifs is 3. The van der Waals surface area contributed by atoms with Crippen molar-refractivity contribution in [2.45, 2.75) is 111 Å². The fraction of sp³-hybridized carbons (Fsp3) is 0.287. The van der Waals surface area contributed by atoms with Crippen molar-refractivity contribution < 1.29 is 70.8 Å². The molecule has 3 aromatic carbocycles. The predicted octanol–water partition coefficient (Wildman–Crippen LogP) is 23.2. The Hall–Kier alpha value is -8.24. The molecule has 3 amide bonds. The predicted molar refractivity (Wildman–Crippen MR) is 517 cm³/mol. The van der Waals surface area contributed by atoms with Crippen molar-refractivity contribution in [3.63, 3.8) is 0 Å². The fourth-order valence-electron chi connectivity index (χ4n) is 12.7. The third-order valence-corrected chi connectivity index (χ3v) is 38.5. The van der Waals surface area contributed by atoms with Crippen LogP contribution in [-0.2, 0) is 45.7 Å². The number of amides is 3. The van der Waals surface area contributed by atoms with Crippen LogP contribution in [-0.4, -0.2) is 149 Å². The van der Waals surface area contributed by atoms with Crippen LogP contribution >= 0.6 is 172 Å². The maximum absolute atomic E-state index is 14.7. The number of carbonyl (C=O) groups excluding carboxylic acids is 7. The smallest absolute Gasteiger partial charge is 0.341 e. The number of hydrogen-bond donors (Lipinski definition) is 3. The maximum Gasteiger partial charge on any atom is 0.341 e. The van der Waals surface area contributed by atoms with Crippen molar-refractivity contribution in [2.75, 3.05) is 54.2 Å². The zero-order chi connectivity index (χ0) is 96.1. The summed E-state index contributed by atoms with van der Waals surface area (Å²) in [7, 11) is 8.51. The van der Waals surface area contributed by atoms with Crippen LogP contribution in [0.25, 0.3) is 11.3 Å². The van der Waals surface area contributed by atoms with Gasteiger partial charge in [0.15, 0.2) is 6.29 Å². The van der Waals surface area contributed by atoms with Crippen molar-refractivity contribution in [1.29, 1.82) is 10.5 Å². The molecule has 7 aromatic heterocycles. The number of halogens is 15. The fourth-order valence-corrected chi connectivity index (χ4v) is 34.2. The first kappa shape index (κ1) is 111. The largest absolute Gasteiger partial charge is 0.497 e. The van der Waals surface area contributed by atoms with E-state index >= 15 is 0 Å². The Morgan fingerprint density at radius 2 is 1.05 bits per heavy atom. The molecule has 684 valence electrons. The number of nitrogens with zero attached hydrogens (tertiary/aromatic N) is 10. The third kappa shape index (κ3) is 31.5. The molecule has 3 aliphatic rings. The number of nitrogen functional groups attached to an aromatic ring is 1. The number of unbranched alkanes of at least 4 members (excludes halogenated alkanes) is 3. The van der Waals surface area contributed by atoms with E-state index in [0.29, 0.717) is 115 Å². The Morgan fingerprint density at radius 3 is 1.57 bits per heavy atom. The van der Waals surface area contributed by atoms with Crippen LogP contribution in [0.1, 0.15) is 177 Å². The van der Waals surface area contributed by atoms with Gasteiger partial charge in [-0.05, 0) is 133 Å². The van der Waals surface area contributed by atoms with Gasteiger partial charge >= 0.3 is 158 Å². The van der Waals surface area contributed by atoms with Gasteiger partial charge in [0.25, 0.3) is 17.7 Å². The molecule has 0 saturated carbocycles. The maximum atomic E-state index is 14.7. The monoisotopic (exact) mass is 2350 g/mol. The van der Waals surface area contributed by atoms with E-state index in [1.807, 2.05) is 30.1 Å². The molecule has 4 N–H and O–H groups in total. The Balaban J connectivity index is 0.000000264. The minimum Gasteiger partial charge on any atom is -0.497 e. The molecule has 42 heteroatoms. The van der Waals surface area contributed by atoms with Gasteiger partial charge in [-0.3, -0.25) is 19.2 Å². The second kappa shape index (κ2) is 55.9. The number of aromatic nitrogens is 7. The number of rotatable bonds is 21. The average molecular weight is 2360 g/mol. The van der Waals surface area contributed by atoms with Crippen molar-refractivity contribution in [3.05, 3.63) is 259 Å². The van der Waals surface area contributed by atoms with Crippen LogP contribution < -0.4 is 34.2 Å². The number of ether oxygens (including phenoxy) is 6. The Kier molecular flexibility index (Phi) is 48.3. The zero-order valence-corrected chi connectivity index (χ0v) is 87.7. The SMILES string of the molecule is CBr.CCC[CH2][Sn]([CH2]CCC)([CH2]CCC)[c]1c(F)cccc1C#N.COC(=O)c1c(Cl)cc(Cl)nc1C.COC(=O)c1c(Cl)cc(Cl)nc1C=O.COC(=O)c1c(Cl)cc(Cl)nc1CBr.COc1ccc(CN2Cc3nc(Cl)cc(Cl)c3C2=O)c(OC)c1.COc1ccc(N)nc1.N#Cc1cccc(F)c1-c1cc(Br)c2c(n1)CNC2=O.O=C1NCc2nc(Br)cc(Br)c21. The van der Waals surface area contributed by atoms with Gasteiger partial charge in [-0.15, -0.1) is 0 Å². The van der Waals surface area contributed by atoms with Gasteiger partial charge in [0.2, 0.25) is 0 Å². The molecule has 0 radical (unpaired) electrons. The summed E-state index contributed by atoms with van der Waals surface area (Å²) in [6, 6.07) is 31.4. The van der Waals surface area contributed by atoms with Gasteiger partial charge in [0.1, 0.15) is 70.9 Å². The van der Waals surface area contributed by atoms with E-state index < -0.39 is 42.1 Å². The summed E-state index contributed by atoms with van der Waals surface area (Å²) < 4.78 is 64.2. The average Bonchev–Trinajstić information content (AvgIpc) is 1.77. The van der Waals surface area contributed by atoms with Crippen molar-refractivity contribution in [1.82, 2.24) is 50.4 Å². The second-order valence-electron chi connectivity index (χ2n) is 26.8. The molecule has 10 heterocycles. The number of aryl methyl sites for hydroxylation is 1. The number of aldehydes is 1. The van der Waals surface area contributed by atoms with E-state index in [1.54, 1.807) is 81.8 Å². The van der Waals surface area contributed by atoms with Crippen LogP contribution in [0.5, 0.6) is 17.2 Å². The van der Waals surface area contributed by atoms with Crippen LogP contribution in [0.2, 0.25) is 54.0 Å². The van der Waals surface area contributed by atoms with E-state index in [1.165, 1.54) is 96.4 Å². The van der Waals surface area contributed by atoms with E-state index in [-0.39, 0.29) is 92.7 Å². The number of alkyl halides is 2. The molecule has 0 bridgehead atoms. The number of nitrogens with two attached hydrogens (primary N) is 1. The second-order valence-corrected chi connectivity index (χ2v) is 46.1. The normalized spacial score (nSPS) is 11.4. The summed E-state index contributed by atoms with van der Waals surface area (Å²) in [5.74, 6) is 1.61. The van der Waals surface area contributed by atoms with Crippen molar-refractivity contribution in [2.24, 2.45) is 0 Å². The Labute approximate surface area is 830 Å². The number of hydrogen-bond acceptors (Lipinski definition) is 23. The molecule has 0 saturated heterocycles. The molecule has 10 aromatic rings. The quantitative estimate of drug-likeness (QED) is 0.0150. The van der Waals surface area contributed by atoms with Gasteiger partial charge in [0, 0.05) is 25.9 Å². The summed E-state index contributed by atoms with van der Waals surface area (Å²) in [6.45, 7) is 9.85. The van der Waals surface area contributed by atoms with Gasteiger partial charge in [-0.25, -0.2) is 53.7 Å². The topological polar surface area (TPSA) is 366 Å². The Bertz CT molecular complexity index is 5720. The standard InChI is InChI=1S/C16H14Cl2N2O3.C14H7BrFN3O.C8H6BrCl2NO2.C8H5Cl2NO3.C8H7Cl2NO2.C7H4Br2N2O.C7H3FN.C6H8N2O.3C4H9.CH3Br.Sn/c1-22-10-4-3-9(13(5-10)23-2)7-20-8-12-15(16(20)21)11(17)6-14(18)19-12;15-8-4-10(19-11-6-18-14(20)13(8)11)12-7(5-17)2-1-3-9(12)16;1-14-8(13)7-4(10)2-6(11)12-5(7)3-9;1-14-8(13)7-4(9)2-6(10)11-5(7)3-12;1-4-7(8(12)13-2)5(9)3-6(10)11-4;8-3-1-5(9)11-4-2-10-7(12)6(3)4;8-7-3-1-2-6(4-7)5-9;1-9-5-2-3-6(7)8-4-5;3*1-3-4-2;1-2;/h3-6H,7-8H2,1-2H3;1-4H,6H2,(H,18,20);2H,3H2,1H3;2-3H,1H3;3H,1-2H3;1H,2H2,(H,10,12);1-3H;2-4H,1H3,(H2,7,8);3*1,3-4H2,2H3;1H3;. The van der Waals surface area contributed by atoms with Crippen LogP contribution in [0.15, 0.2) is 123 Å². The number of esters is 3. The van der Waals surface area contributed by atoms with Crippen molar-refractivity contribution >= 4 is 242 Å². The molecule has 26 nitrogen and oxygen atoms in total. The van der Waals surface area contributed by atoms with Crippen LogP contribution in [0.4, 0.5) is 14.6 Å². The number of carbonyl (C=O) groups is 7. The molecule has 3 aliphatic heterocycles. The summed E-state index contributed by atoms with van der Waals surface area (Å²) >= 11 is 59.3. The van der Waals surface area contributed by atoms with Gasteiger partial charge in [-0.1, -0.05) is 131 Å². The number of nitrogens with one attached hydrogen (secondary N) is 2. The number of nitriles is 2. The van der Waals surface area contributed by atoms with E-state index in [2.05, 4.69) is 166 Å². The molecule has 0 spiro atoms. The Morgan fingerprint density at radius 1 is 0.566 bits per heavy atom. The van der Waals surface area contributed by atoms with Crippen LogP contribution in [0.3, 0.4) is 0 Å². The minimum atomic E-state index is -2.85. The zero-order valence-electron chi connectivity index (χ0n) is 70.9. The number of anilines is 1. The molecule has 129 heavy (non-hydrogen) atoms. The summed E-state index contributed by atoms with van der Waals surface area (Å²) in [4.78, 5) is 109. The molecular formula is C87H84Br5Cl8F2N13O13Sn. The third-order valence-electron chi connectivity index (χ3n) is 18.6. The van der Waals surface area contributed by atoms with Gasteiger partial charge in [0.05, 0.1) is 169 Å².